The van der Waals surface area contributed by atoms with Crippen LogP contribution in [0.2, 0.25) is 0 Å². The predicted octanol–water partition coefficient (Wildman–Crippen LogP) is 2.44. The van der Waals surface area contributed by atoms with Gasteiger partial charge in [-0.25, -0.2) is 4.98 Å². The average molecular weight is 404 g/mol. The van der Waals surface area contributed by atoms with Crippen LogP contribution in [0.25, 0.3) is 5.69 Å². The summed E-state index contributed by atoms with van der Waals surface area (Å²) >= 11 is 0. The van der Waals surface area contributed by atoms with E-state index in [1.165, 1.54) is 4.80 Å². The van der Waals surface area contributed by atoms with E-state index in [0.717, 1.165) is 36.3 Å². The largest absolute Gasteiger partial charge is 0.355 e. The Morgan fingerprint density at radius 2 is 1.80 bits per heavy atom. The zero-order valence-electron chi connectivity index (χ0n) is 17.2. The second-order valence-corrected chi connectivity index (χ2v) is 7.43. The highest BCUT2D eigenvalue weighted by molar-refractivity contribution is 5.98. The Labute approximate surface area is 175 Å². The number of nitrogens with zero attached hydrogens (tertiary/aromatic N) is 6. The molecule has 0 atom stereocenters. The Balaban J connectivity index is 1.54. The van der Waals surface area contributed by atoms with Crippen molar-refractivity contribution in [1.29, 1.82) is 0 Å². The fraction of sp³-hybridized carbons (Fsp3) is 0.318. The standard InChI is InChI=1S/C22H24N6O2/c1-16-4-6-20(28-23-8-9-24-28)19(14-16)22(30)27-11-3-10-26(12-13-27)21-7-5-18(15-29)17(2)25-21/h4-9,14-15H,3,10-13H2,1-2H3. The summed E-state index contributed by atoms with van der Waals surface area (Å²) in [7, 11) is 0. The molecule has 0 spiro atoms. The first-order valence-corrected chi connectivity index (χ1v) is 10.0. The van der Waals surface area contributed by atoms with Gasteiger partial charge in [0.2, 0.25) is 0 Å². The minimum atomic E-state index is -0.0201. The van der Waals surface area contributed by atoms with E-state index in [1.54, 1.807) is 18.5 Å². The number of anilines is 1. The first-order valence-electron chi connectivity index (χ1n) is 10.0. The van der Waals surface area contributed by atoms with Gasteiger partial charge < -0.3 is 9.80 Å². The van der Waals surface area contributed by atoms with Gasteiger partial charge in [0.1, 0.15) is 5.82 Å². The monoisotopic (exact) mass is 404 g/mol. The molecule has 1 aromatic carbocycles. The summed E-state index contributed by atoms with van der Waals surface area (Å²) < 4.78 is 0. The van der Waals surface area contributed by atoms with Crippen LogP contribution in [0.5, 0.6) is 0 Å². The van der Waals surface area contributed by atoms with Gasteiger partial charge in [-0.3, -0.25) is 9.59 Å². The van der Waals surface area contributed by atoms with Gasteiger partial charge in [0, 0.05) is 31.7 Å². The Bertz CT molecular complexity index is 1060. The van der Waals surface area contributed by atoms with E-state index < -0.39 is 0 Å². The molecule has 8 nitrogen and oxygen atoms in total. The molecule has 30 heavy (non-hydrogen) atoms. The molecule has 8 heteroatoms. The third-order valence-electron chi connectivity index (χ3n) is 5.36. The second kappa shape index (κ2) is 8.44. The molecule has 2 aromatic heterocycles. The fourth-order valence-electron chi connectivity index (χ4n) is 3.71. The van der Waals surface area contributed by atoms with E-state index in [-0.39, 0.29) is 5.91 Å². The molecule has 0 bridgehead atoms. The molecule has 1 fully saturated rings. The minimum Gasteiger partial charge on any atom is -0.355 e. The zero-order valence-corrected chi connectivity index (χ0v) is 17.2. The molecule has 1 aliphatic rings. The van der Waals surface area contributed by atoms with E-state index >= 15 is 0 Å². The highest BCUT2D eigenvalue weighted by Crippen LogP contribution is 2.20. The van der Waals surface area contributed by atoms with Crippen molar-refractivity contribution in [1.82, 2.24) is 24.9 Å². The lowest BCUT2D eigenvalue weighted by molar-refractivity contribution is 0.0766. The lowest BCUT2D eigenvalue weighted by atomic mass is 10.1. The Morgan fingerprint density at radius 3 is 2.53 bits per heavy atom. The van der Waals surface area contributed by atoms with E-state index in [4.69, 9.17) is 0 Å². The molecule has 0 aliphatic carbocycles. The van der Waals surface area contributed by atoms with Crippen molar-refractivity contribution in [2.75, 3.05) is 31.1 Å². The van der Waals surface area contributed by atoms with Gasteiger partial charge in [-0.1, -0.05) is 11.6 Å². The maximum absolute atomic E-state index is 13.4. The molecule has 1 aliphatic heterocycles. The zero-order chi connectivity index (χ0) is 21.1. The number of hydrogen-bond donors (Lipinski definition) is 0. The summed E-state index contributed by atoms with van der Waals surface area (Å²) in [6.07, 6.45) is 4.86. The van der Waals surface area contributed by atoms with Crippen molar-refractivity contribution in [2.45, 2.75) is 20.3 Å². The summed E-state index contributed by atoms with van der Waals surface area (Å²) in [5.41, 5.74) is 3.61. The van der Waals surface area contributed by atoms with Crippen LogP contribution >= 0.6 is 0 Å². The van der Waals surface area contributed by atoms with Crippen molar-refractivity contribution >= 4 is 18.0 Å². The first kappa shape index (κ1) is 19.8. The second-order valence-electron chi connectivity index (χ2n) is 7.43. The van der Waals surface area contributed by atoms with Gasteiger partial charge in [-0.2, -0.15) is 15.0 Å². The Hall–Kier alpha value is -3.55. The van der Waals surface area contributed by atoms with Gasteiger partial charge in [-0.15, -0.1) is 0 Å². The molecule has 1 amide bonds. The lowest BCUT2D eigenvalue weighted by Crippen LogP contribution is -2.36. The number of carbonyl (C=O) groups is 2. The van der Waals surface area contributed by atoms with E-state index in [1.807, 2.05) is 43.0 Å². The molecule has 3 heterocycles. The van der Waals surface area contributed by atoms with Crippen LogP contribution in [0, 0.1) is 13.8 Å². The Kier molecular flexibility index (Phi) is 5.56. The van der Waals surface area contributed by atoms with Crippen molar-refractivity contribution < 1.29 is 9.59 Å². The van der Waals surface area contributed by atoms with Crippen LogP contribution in [0.1, 0.15) is 38.4 Å². The Morgan fingerprint density at radius 1 is 1.00 bits per heavy atom. The predicted molar refractivity (Wildman–Crippen MR) is 113 cm³/mol. The number of rotatable bonds is 4. The quantitative estimate of drug-likeness (QED) is 0.621. The van der Waals surface area contributed by atoms with E-state index in [2.05, 4.69) is 20.1 Å². The normalized spacial score (nSPS) is 14.5. The third-order valence-corrected chi connectivity index (χ3v) is 5.36. The van der Waals surface area contributed by atoms with Gasteiger partial charge in [0.05, 0.1) is 29.3 Å². The number of carbonyl (C=O) groups excluding carboxylic acids is 2. The van der Waals surface area contributed by atoms with Crippen LogP contribution in [-0.2, 0) is 0 Å². The van der Waals surface area contributed by atoms with E-state index in [0.29, 0.717) is 36.4 Å². The maximum Gasteiger partial charge on any atom is 0.256 e. The van der Waals surface area contributed by atoms with Crippen LogP contribution in [0.3, 0.4) is 0 Å². The molecular formula is C22H24N6O2. The van der Waals surface area contributed by atoms with Crippen LogP contribution in [0.15, 0.2) is 42.7 Å². The van der Waals surface area contributed by atoms with Crippen molar-refractivity contribution in [3.05, 3.63) is 65.1 Å². The number of aromatic nitrogens is 4. The highest BCUT2D eigenvalue weighted by atomic mass is 16.2. The molecule has 0 N–H and O–H groups in total. The number of amides is 1. The fourth-order valence-corrected chi connectivity index (χ4v) is 3.71. The molecule has 154 valence electrons. The van der Waals surface area contributed by atoms with Crippen LogP contribution < -0.4 is 4.90 Å². The number of aldehydes is 1. The average Bonchev–Trinajstić information content (AvgIpc) is 3.17. The van der Waals surface area contributed by atoms with Crippen molar-refractivity contribution in [3.63, 3.8) is 0 Å². The maximum atomic E-state index is 13.4. The van der Waals surface area contributed by atoms with Crippen LogP contribution in [-0.4, -0.2) is 63.3 Å². The molecule has 0 radical (unpaired) electrons. The highest BCUT2D eigenvalue weighted by Gasteiger charge is 2.24. The van der Waals surface area contributed by atoms with Gasteiger partial charge >= 0.3 is 0 Å². The van der Waals surface area contributed by atoms with Gasteiger partial charge in [0.25, 0.3) is 5.91 Å². The van der Waals surface area contributed by atoms with E-state index in [9.17, 15) is 9.59 Å². The minimum absolute atomic E-state index is 0.0201. The number of benzene rings is 1. The van der Waals surface area contributed by atoms with Crippen molar-refractivity contribution in [3.8, 4) is 5.69 Å². The lowest BCUT2D eigenvalue weighted by Gasteiger charge is -2.24. The number of pyridine rings is 1. The topological polar surface area (TPSA) is 84.2 Å². The summed E-state index contributed by atoms with van der Waals surface area (Å²) in [6, 6.07) is 9.40. The number of aryl methyl sites for hydroxylation is 2. The SMILES string of the molecule is Cc1ccc(-n2nccn2)c(C(=O)N2CCCN(c3ccc(C=O)c(C)n3)CC2)c1. The molecular weight excluding hydrogens is 380 g/mol. The summed E-state index contributed by atoms with van der Waals surface area (Å²) in [5.74, 6) is 0.817. The van der Waals surface area contributed by atoms with Gasteiger partial charge in [-0.05, 0) is 44.5 Å². The summed E-state index contributed by atoms with van der Waals surface area (Å²) in [5, 5.41) is 8.38. The summed E-state index contributed by atoms with van der Waals surface area (Å²) in [4.78, 5) is 34.5. The smallest absolute Gasteiger partial charge is 0.256 e. The molecule has 4 rings (SSSR count). The van der Waals surface area contributed by atoms with Crippen molar-refractivity contribution in [2.24, 2.45) is 0 Å². The first-order chi connectivity index (χ1) is 14.6. The summed E-state index contributed by atoms with van der Waals surface area (Å²) in [6.45, 7) is 6.55. The molecule has 1 saturated heterocycles. The van der Waals surface area contributed by atoms with Crippen LogP contribution in [0.4, 0.5) is 5.82 Å². The number of hydrogen-bond acceptors (Lipinski definition) is 6. The molecule has 0 saturated carbocycles. The third kappa shape index (κ3) is 3.94. The van der Waals surface area contributed by atoms with Gasteiger partial charge in [0.15, 0.2) is 6.29 Å². The molecule has 3 aromatic rings. The molecule has 0 unspecified atom stereocenters.